The predicted octanol–water partition coefficient (Wildman–Crippen LogP) is 3.56. The predicted molar refractivity (Wildman–Crippen MR) is 78.1 cm³/mol. The fourth-order valence-electron chi connectivity index (χ4n) is 2.15. The lowest BCUT2D eigenvalue weighted by atomic mass is 10.2. The normalized spacial score (nSPS) is 11.2. The molecule has 0 aliphatic rings. The van der Waals surface area contributed by atoms with Gasteiger partial charge in [-0.05, 0) is 36.2 Å². The molecule has 6 heteroatoms. The van der Waals surface area contributed by atoms with Crippen LogP contribution in [0, 0.1) is 5.82 Å². The zero-order valence-electron chi connectivity index (χ0n) is 10.7. The third kappa shape index (κ3) is 2.10. The number of benzene rings is 1. The fourth-order valence-corrected chi connectivity index (χ4v) is 2.36. The van der Waals surface area contributed by atoms with E-state index in [1.807, 2.05) is 6.92 Å². The molecule has 2 heterocycles. The smallest absolute Gasteiger partial charge is 0.179 e. The topological polar surface area (TPSA) is 67.6 Å². The summed E-state index contributed by atoms with van der Waals surface area (Å²) in [5.74, 6) is -0.00447. The van der Waals surface area contributed by atoms with Crippen LogP contribution < -0.4 is 5.73 Å². The van der Waals surface area contributed by atoms with Crippen LogP contribution in [0.3, 0.4) is 0 Å². The van der Waals surface area contributed by atoms with Crippen molar-refractivity contribution in [1.82, 2.24) is 15.0 Å². The molecule has 0 aliphatic heterocycles. The van der Waals surface area contributed by atoms with Crippen LogP contribution in [0.15, 0.2) is 24.3 Å². The van der Waals surface area contributed by atoms with E-state index in [0.29, 0.717) is 27.9 Å². The highest BCUT2D eigenvalue weighted by atomic mass is 35.5. The number of aryl methyl sites for hydroxylation is 1. The average Bonchev–Trinajstić information content (AvgIpc) is 2.80. The number of nitrogens with one attached hydrogen (secondary N) is 1. The zero-order chi connectivity index (χ0) is 14.3. The van der Waals surface area contributed by atoms with Crippen molar-refractivity contribution in [2.45, 2.75) is 13.3 Å². The fraction of sp³-hybridized carbons (Fsp3) is 0.143. The van der Waals surface area contributed by atoms with Crippen LogP contribution in [0.1, 0.15) is 12.5 Å². The molecule has 0 saturated heterocycles. The minimum atomic E-state index is -0.423. The van der Waals surface area contributed by atoms with Gasteiger partial charge >= 0.3 is 0 Å². The first-order chi connectivity index (χ1) is 9.58. The summed E-state index contributed by atoms with van der Waals surface area (Å²) >= 11 is 5.95. The Labute approximate surface area is 119 Å². The van der Waals surface area contributed by atoms with Gasteiger partial charge in [-0.2, -0.15) is 0 Å². The van der Waals surface area contributed by atoms with Crippen LogP contribution >= 0.6 is 11.6 Å². The molecule has 3 aromatic rings. The number of anilines is 1. The maximum absolute atomic E-state index is 13.9. The van der Waals surface area contributed by atoms with Gasteiger partial charge < -0.3 is 10.7 Å². The minimum absolute atomic E-state index is 0.357. The van der Waals surface area contributed by atoms with Gasteiger partial charge in [-0.15, -0.1) is 0 Å². The molecule has 3 rings (SSSR count). The van der Waals surface area contributed by atoms with Crippen LogP contribution in [0.4, 0.5) is 10.1 Å². The van der Waals surface area contributed by atoms with E-state index in [2.05, 4.69) is 15.0 Å². The summed E-state index contributed by atoms with van der Waals surface area (Å²) in [5.41, 5.74) is 8.54. The van der Waals surface area contributed by atoms with Crippen molar-refractivity contribution in [2.75, 3.05) is 5.73 Å². The lowest BCUT2D eigenvalue weighted by molar-refractivity contribution is 0.631. The third-order valence-electron chi connectivity index (χ3n) is 3.14. The first kappa shape index (κ1) is 12.9. The van der Waals surface area contributed by atoms with E-state index in [9.17, 15) is 4.39 Å². The van der Waals surface area contributed by atoms with Crippen LogP contribution in [-0.4, -0.2) is 15.0 Å². The van der Waals surface area contributed by atoms with Gasteiger partial charge in [-0.25, -0.2) is 14.4 Å². The number of hydrogen-bond acceptors (Lipinski definition) is 3. The number of fused-ring (bicyclic) bond motifs is 1. The van der Waals surface area contributed by atoms with Gasteiger partial charge in [0.15, 0.2) is 5.65 Å². The Balaban J connectivity index is 2.22. The van der Waals surface area contributed by atoms with Crippen molar-refractivity contribution in [1.29, 1.82) is 0 Å². The van der Waals surface area contributed by atoms with Crippen molar-refractivity contribution in [2.24, 2.45) is 0 Å². The number of rotatable bonds is 2. The van der Waals surface area contributed by atoms with Gasteiger partial charge in [-0.1, -0.05) is 18.5 Å². The van der Waals surface area contributed by atoms with Crippen molar-refractivity contribution in [3.8, 4) is 11.4 Å². The summed E-state index contributed by atoms with van der Waals surface area (Å²) < 4.78 is 13.9. The Morgan fingerprint density at radius 1 is 1.30 bits per heavy atom. The molecule has 0 amide bonds. The Morgan fingerprint density at radius 2 is 2.10 bits per heavy atom. The number of imidazole rings is 1. The number of halogens is 2. The molecule has 0 unspecified atom stereocenters. The molecule has 4 nitrogen and oxygen atoms in total. The van der Waals surface area contributed by atoms with Crippen molar-refractivity contribution in [3.63, 3.8) is 0 Å². The second-order valence-electron chi connectivity index (χ2n) is 4.48. The molecule has 0 atom stereocenters. The van der Waals surface area contributed by atoms with E-state index in [0.717, 1.165) is 17.5 Å². The number of hydrogen-bond donors (Lipinski definition) is 2. The molecule has 0 fully saturated rings. The quantitative estimate of drug-likeness (QED) is 0.560. The van der Waals surface area contributed by atoms with Crippen LogP contribution in [-0.2, 0) is 6.42 Å². The van der Waals surface area contributed by atoms with E-state index in [1.54, 1.807) is 18.2 Å². The van der Waals surface area contributed by atoms with Gasteiger partial charge in [0, 0.05) is 5.69 Å². The van der Waals surface area contributed by atoms with E-state index < -0.39 is 5.82 Å². The summed E-state index contributed by atoms with van der Waals surface area (Å²) in [6, 6.07) is 6.27. The maximum Gasteiger partial charge on any atom is 0.179 e. The standard InChI is InChI=1S/C14H12ClFN4/c1-2-7-5-11(15)18-14-12(7)19-13(20-14)9-4-3-8(17)6-10(9)16/h3-6H,2,17H2,1H3,(H,18,19,20). The molecule has 0 radical (unpaired) electrons. The summed E-state index contributed by atoms with van der Waals surface area (Å²) in [4.78, 5) is 11.6. The molecule has 3 N–H and O–H groups in total. The largest absolute Gasteiger partial charge is 0.399 e. The first-order valence-electron chi connectivity index (χ1n) is 6.19. The van der Waals surface area contributed by atoms with Crippen molar-refractivity contribution < 1.29 is 4.39 Å². The van der Waals surface area contributed by atoms with Crippen molar-refractivity contribution in [3.05, 3.63) is 40.8 Å². The number of aromatic amines is 1. The molecule has 102 valence electrons. The van der Waals surface area contributed by atoms with E-state index in [1.165, 1.54) is 6.07 Å². The molecular weight excluding hydrogens is 279 g/mol. The minimum Gasteiger partial charge on any atom is -0.399 e. The highest BCUT2D eigenvalue weighted by molar-refractivity contribution is 6.29. The number of H-pyrrole nitrogens is 1. The Bertz CT molecular complexity index is 797. The summed E-state index contributed by atoms with van der Waals surface area (Å²) in [5, 5.41) is 0.380. The van der Waals surface area contributed by atoms with Gasteiger partial charge in [0.05, 0.1) is 11.1 Å². The number of nitrogen functional groups attached to an aromatic ring is 1. The highest BCUT2D eigenvalue weighted by Gasteiger charge is 2.13. The van der Waals surface area contributed by atoms with Gasteiger partial charge in [-0.3, -0.25) is 0 Å². The number of nitrogens with two attached hydrogens (primary N) is 1. The van der Waals surface area contributed by atoms with Gasteiger partial charge in [0.1, 0.15) is 16.8 Å². The molecule has 0 saturated carbocycles. The van der Waals surface area contributed by atoms with E-state index >= 15 is 0 Å². The number of nitrogens with zero attached hydrogens (tertiary/aromatic N) is 2. The maximum atomic E-state index is 13.9. The summed E-state index contributed by atoms with van der Waals surface area (Å²) in [6.45, 7) is 2.01. The zero-order valence-corrected chi connectivity index (χ0v) is 11.5. The number of pyridine rings is 1. The molecule has 0 spiro atoms. The Kier molecular flexibility index (Phi) is 3.06. The summed E-state index contributed by atoms with van der Waals surface area (Å²) in [7, 11) is 0. The van der Waals surface area contributed by atoms with Gasteiger partial charge in [0.25, 0.3) is 0 Å². The second-order valence-corrected chi connectivity index (χ2v) is 4.87. The molecule has 0 bridgehead atoms. The molecular formula is C14H12ClFN4. The van der Waals surface area contributed by atoms with Crippen LogP contribution in [0.2, 0.25) is 5.15 Å². The molecule has 0 aliphatic carbocycles. The molecule has 20 heavy (non-hydrogen) atoms. The Hall–Kier alpha value is -2.14. The van der Waals surface area contributed by atoms with Crippen LogP contribution in [0.5, 0.6) is 0 Å². The van der Waals surface area contributed by atoms with E-state index in [-0.39, 0.29) is 0 Å². The lowest BCUT2D eigenvalue weighted by Gasteiger charge is -2.00. The highest BCUT2D eigenvalue weighted by Crippen LogP contribution is 2.26. The summed E-state index contributed by atoms with van der Waals surface area (Å²) in [6.07, 6.45) is 0.782. The van der Waals surface area contributed by atoms with Crippen molar-refractivity contribution >= 4 is 28.5 Å². The van der Waals surface area contributed by atoms with Gasteiger partial charge in [0.2, 0.25) is 0 Å². The third-order valence-corrected chi connectivity index (χ3v) is 3.33. The monoisotopic (exact) mass is 290 g/mol. The second kappa shape index (κ2) is 4.76. The Morgan fingerprint density at radius 3 is 2.80 bits per heavy atom. The SMILES string of the molecule is CCc1cc(Cl)nc2nc(-c3ccc(N)cc3F)[nH]c12. The molecule has 2 aromatic heterocycles. The average molecular weight is 291 g/mol. The lowest BCUT2D eigenvalue weighted by Crippen LogP contribution is -1.90. The number of aromatic nitrogens is 3. The van der Waals surface area contributed by atoms with Crippen LogP contribution in [0.25, 0.3) is 22.6 Å². The molecule has 1 aromatic carbocycles. The first-order valence-corrected chi connectivity index (χ1v) is 6.57. The van der Waals surface area contributed by atoms with E-state index in [4.69, 9.17) is 17.3 Å².